The molecule has 8 heteroatoms. The first-order valence-electron chi connectivity index (χ1n) is 13.8. The van der Waals surface area contributed by atoms with Crippen LogP contribution in [0.4, 0.5) is 10.3 Å². The largest absolute Gasteiger partial charge is 0.493 e. The molecule has 198 valence electrons. The van der Waals surface area contributed by atoms with Gasteiger partial charge in [-0.05, 0) is 73.3 Å². The molecule has 3 heterocycles. The monoisotopic (exact) mass is 508 g/mol. The number of hydrogen-bond donors (Lipinski definition) is 0. The first-order valence-corrected chi connectivity index (χ1v) is 13.8. The van der Waals surface area contributed by atoms with Crippen molar-refractivity contribution in [2.45, 2.75) is 45.1 Å². The third-order valence-corrected chi connectivity index (χ3v) is 8.86. The van der Waals surface area contributed by atoms with Crippen molar-refractivity contribution in [2.24, 2.45) is 29.6 Å². The van der Waals surface area contributed by atoms with Crippen LogP contribution in [0, 0.1) is 35.4 Å². The molecule has 4 atom stereocenters. The zero-order valence-corrected chi connectivity index (χ0v) is 21.7. The molecule has 2 aromatic rings. The lowest BCUT2D eigenvalue weighted by molar-refractivity contribution is -0.130. The van der Waals surface area contributed by atoms with E-state index in [0.717, 1.165) is 55.9 Å². The Balaban J connectivity index is 0.902. The Kier molecular flexibility index (Phi) is 7.02. The number of ether oxygens (including phenoxy) is 2. The highest BCUT2D eigenvalue weighted by Gasteiger charge is 2.46. The number of carbonyl (C=O) groups excluding carboxylic acids is 1. The Morgan fingerprint density at radius 1 is 1.08 bits per heavy atom. The second-order valence-electron chi connectivity index (χ2n) is 11.4. The van der Waals surface area contributed by atoms with Gasteiger partial charge in [-0.2, -0.15) is 0 Å². The fourth-order valence-corrected chi connectivity index (χ4v) is 6.43. The Morgan fingerprint density at radius 3 is 2.54 bits per heavy atom. The molecule has 4 fully saturated rings. The van der Waals surface area contributed by atoms with Crippen molar-refractivity contribution in [3.63, 3.8) is 0 Å². The number of aromatic nitrogens is 2. The first-order chi connectivity index (χ1) is 18.1. The van der Waals surface area contributed by atoms with Crippen LogP contribution in [0.15, 0.2) is 30.6 Å². The van der Waals surface area contributed by atoms with Crippen LogP contribution in [0.3, 0.4) is 0 Å². The number of amides is 1. The quantitative estimate of drug-likeness (QED) is 0.481. The number of fused-ring (bicyclic) bond motifs is 1. The van der Waals surface area contributed by atoms with Gasteiger partial charge >= 0.3 is 0 Å². The van der Waals surface area contributed by atoms with Gasteiger partial charge in [0, 0.05) is 57.3 Å². The lowest BCUT2D eigenvalue weighted by atomic mass is 9.90. The van der Waals surface area contributed by atoms with E-state index in [1.165, 1.54) is 31.7 Å². The van der Waals surface area contributed by atoms with Crippen LogP contribution in [-0.4, -0.2) is 60.7 Å². The standard InChI is InChI=1S/C29H37FN4O3/c1-36-18-19-14-31-29(32-15-19)33-7-4-20(5-8-33)26-11-21(26)6-9-37-25-3-2-22(27(30)13-25)12-28(35)34-16-23-10-24(23)17-34/h2-3,13-15,20-21,23-24,26H,4-12,16-18H2,1H3. The van der Waals surface area contributed by atoms with Crippen LogP contribution in [0.2, 0.25) is 0 Å². The summed E-state index contributed by atoms with van der Waals surface area (Å²) in [4.78, 5) is 25.7. The van der Waals surface area contributed by atoms with Gasteiger partial charge in [-0.15, -0.1) is 0 Å². The maximum Gasteiger partial charge on any atom is 0.227 e. The molecule has 1 amide bonds. The van der Waals surface area contributed by atoms with Crippen LogP contribution in [0.5, 0.6) is 5.75 Å². The number of methoxy groups -OCH3 is 1. The SMILES string of the molecule is COCc1cnc(N2CCC(C3CC3CCOc3ccc(CC(=O)N4CC5CC5C4)c(F)c3)CC2)nc1. The summed E-state index contributed by atoms with van der Waals surface area (Å²) in [7, 11) is 1.68. The highest BCUT2D eigenvalue weighted by Crippen LogP contribution is 2.50. The predicted molar refractivity (Wildman–Crippen MR) is 138 cm³/mol. The van der Waals surface area contributed by atoms with Crippen molar-refractivity contribution in [1.29, 1.82) is 0 Å². The maximum atomic E-state index is 14.6. The second kappa shape index (κ2) is 10.6. The van der Waals surface area contributed by atoms with Crippen molar-refractivity contribution in [3.8, 4) is 5.75 Å². The summed E-state index contributed by atoms with van der Waals surface area (Å²) in [6.07, 6.45) is 9.72. The molecule has 0 spiro atoms. The number of piperidine rings is 2. The fraction of sp³-hybridized carbons (Fsp3) is 0.621. The van der Waals surface area contributed by atoms with E-state index in [1.54, 1.807) is 19.2 Å². The molecular formula is C29H37FN4O3. The lowest BCUT2D eigenvalue weighted by Gasteiger charge is -2.32. The van der Waals surface area contributed by atoms with Gasteiger partial charge in [0.1, 0.15) is 11.6 Å². The summed E-state index contributed by atoms with van der Waals surface area (Å²) in [5, 5.41) is 0. The molecule has 0 bridgehead atoms. The van der Waals surface area contributed by atoms with Gasteiger partial charge in [0.15, 0.2) is 0 Å². The molecule has 6 rings (SSSR count). The van der Waals surface area contributed by atoms with Gasteiger partial charge in [-0.1, -0.05) is 6.07 Å². The highest BCUT2D eigenvalue weighted by atomic mass is 19.1. The predicted octanol–water partition coefficient (Wildman–Crippen LogP) is 4.10. The van der Waals surface area contributed by atoms with E-state index in [1.807, 2.05) is 17.3 Å². The van der Waals surface area contributed by atoms with Crippen LogP contribution in [0.25, 0.3) is 0 Å². The first kappa shape index (κ1) is 24.6. The van der Waals surface area contributed by atoms with E-state index in [4.69, 9.17) is 9.47 Å². The number of rotatable bonds is 10. The highest BCUT2D eigenvalue weighted by molar-refractivity contribution is 5.79. The van der Waals surface area contributed by atoms with Crippen LogP contribution >= 0.6 is 0 Å². The molecular weight excluding hydrogens is 471 g/mol. The number of likely N-dealkylation sites (tertiary alicyclic amines) is 1. The Bertz CT molecular complexity index is 1090. The molecule has 4 aliphatic rings. The topological polar surface area (TPSA) is 67.8 Å². The Labute approximate surface area is 218 Å². The molecule has 7 nitrogen and oxygen atoms in total. The zero-order valence-electron chi connectivity index (χ0n) is 21.7. The van der Waals surface area contributed by atoms with Crippen molar-refractivity contribution < 1.29 is 18.7 Å². The van der Waals surface area contributed by atoms with Gasteiger partial charge in [0.05, 0.1) is 19.6 Å². The van der Waals surface area contributed by atoms with Crippen LogP contribution in [-0.2, 0) is 22.6 Å². The van der Waals surface area contributed by atoms with Crippen molar-refractivity contribution in [1.82, 2.24) is 14.9 Å². The Morgan fingerprint density at radius 2 is 1.84 bits per heavy atom. The minimum absolute atomic E-state index is 0.0397. The summed E-state index contributed by atoms with van der Waals surface area (Å²) in [6, 6.07) is 4.95. The fourth-order valence-electron chi connectivity index (χ4n) is 6.43. The summed E-state index contributed by atoms with van der Waals surface area (Å²) >= 11 is 0. The van der Waals surface area contributed by atoms with E-state index < -0.39 is 0 Å². The molecule has 4 unspecified atom stereocenters. The molecule has 0 radical (unpaired) electrons. The lowest BCUT2D eigenvalue weighted by Crippen LogP contribution is -2.35. The molecule has 1 aromatic heterocycles. The van der Waals surface area contributed by atoms with E-state index in [9.17, 15) is 9.18 Å². The van der Waals surface area contributed by atoms with Gasteiger partial charge in [-0.3, -0.25) is 4.79 Å². The average molecular weight is 509 g/mol. The Hall–Kier alpha value is -2.74. The average Bonchev–Trinajstić information content (AvgIpc) is 3.82. The van der Waals surface area contributed by atoms with Crippen LogP contribution in [0.1, 0.15) is 43.2 Å². The number of hydrogen-bond acceptors (Lipinski definition) is 6. The zero-order chi connectivity index (χ0) is 25.4. The number of carbonyl (C=O) groups is 1. The summed E-state index contributed by atoms with van der Waals surface area (Å²) < 4.78 is 25.6. The van der Waals surface area contributed by atoms with Crippen molar-refractivity contribution in [3.05, 3.63) is 47.5 Å². The smallest absolute Gasteiger partial charge is 0.227 e. The number of anilines is 1. The molecule has 2 saturated carbocycles. The molecule has 2 aliphatic carbocycles. The molecule has 2 saturated heterocycles. The summed E-state index contributed by atoms with van der Waals surface area (Å²) in [6.45, 7) is 4.85. The van der Waals surface area contributed by atoms with Gasteiger partial charge in [0.2, 0.25) is 11.9 Å². The van der Waals surface area contributed by atoms with Gasteiger partial charge in [-0.25, -0.2) is 14.4 Å². The van der Waals surface area contributed by atoms with Crippen LogP contribution < -0.4 is 9.64 Å². The van der Waals surface area contributed by atoms with Gasteiger partial charge < -0.3 is 19.3 Å². The molecule has 2 aliphatic heterocycles. The van der Waals surface area contributed by atoms with Crippen molar-refractivity contribution >= 4 is 11.9 Å². The molecule has 1 aromatic carbocycles. The minimum atomic E-state index is -0.344. The van der Waals surface area contributed by atoms with E-state index in [2.05, 4.69) is 14.9 Å². The third kappa shape index (κ3) is 5.74. The van der Waals surface area contributed by atoms with Gasteiger partial charge in [0.25, 0.3) is 0 Å². The normalized spacial score (nSPS) is 26.8. The second-order valence-corrected chi connectivity index (χ2v) is 11.4. The summed E-state index contributed by atoms with van der Waals surface area (Å²) in [5.74, 6) is 4.69. The third-order valence-electron chi connectivity index (χ3n) is 8.86. The maximum absolute atomic E-state index is 14.6. The molecule has 0 N–H and O–H groups in total. The van der Waals surface area contributed by atoms with Crippen molar-refractivity contribution in [2.75, 3.05) is 44.8 Å². The number of benzene rings is 1. The minimum Gasteiger partial charge on any atom is -0.493 e. The molecule has 37 heavy (non-hydrogen) atoms. The van der Waals surface area contributed by atoms with E-state index in [-0.39, 0.29) is 18.1 Å². The van der Waals surface area contributed by atoms with E-state index in [0.29, 0.717) is 42.3 Å². The number of nitrogens with zero attached hydrogens (tertiary/aromatic N) is 4. The summed E-state index contributed by atoms with van der Waals surface area (Å²) in [5.41, 5.74) is 1.45. The van der Waals surface area contributed by atoms with E-state index >= 15 is 0 Å². The number of halogens is 1.